The van der Waals surface area contributed by atoms with E-state index in [1.54, 1.807) is 0 Å². The Morgan fingerprint density at radius 1 is 0.293 bits per heavy atom. The smallest absolute Gasteiger partial charge is 0.463 e. The summed E-state index contributed by atoms with van der Waals surface area (Å²) in [5, 5.41) is 20.6. The van der Waals surface area contributed by atoms with Crippen molar-refractivity contribution in [3.63, 3.8) is 0 Å². The molecule has 0 saturated heterocycles. The number of esters is 3. The first-order valence-corrected chi connectivity index (χ1v) is 41.1. The highest BCUT2D eigenvalue weighted by atomic mass is 31.2. The average molecular weight is 1430 g/mol. The summed E-state index contributed by atoms with van der Waals surface area (Å²) in [7, 11) is -9.81. The van der Waals surface area contributed by atoms with E-state index in [0.717, 1.165) is 122 Å². The fraction of sp³-hybridized carbons (Fsp3) is 0.667. The molecule has 4 N–H and O–H groups in total. The Kier molecular flexibility index (Phi) is 69.8. The number of carbonyl (C=O) groups excluding carboxylic acids is 3. The standard InChI is InChI=1S/C81H136O16P2/c1-4-7-10-13-16-19-22-25-27-29-31-32-33-34-35-36-37-38-39-40-41-42-44-46-47-50-52-55-58-61-64-67-79(84)91-70-76(82)71-93-98(87,88)94-72-77(83)73-95-99(89,90)96-75-78(97-81(86)69-66-63-60-57-54-49-24-21-18-15-12-9-6-3)74-92-80(85)68-65-62-59-56-53-51-48-45-43-30-28-26-23-20-17-14-11-8-5-2/h7-8,10-11,16-17,19-21,24-28,31-32,34-35,43,45,51,53,59,62,76-78,82-83H,4-6,9,12-15,18,22-23,29-30,33,36-42,44,46-50,52,54-58,60-61,63-75H2,1-3H3,(H,87,88)(H,89,90)/b10-7-,11-8-,19-16-,20-17-,24-21-,27-25-,28-26-,32-31-,35-34-,45-43-,53-51-,62-59-. The van der Waals surface area contributed by atoms with E-state index >= 15 is 0 Å². The number of phosphoric ester groups is 2. The molecule has 0 saturated carbocycles. The SMILES string of the molecule is CC/C=C\C/C=C\C/C=C\C/C=C\C/C=C\C/C=C\CCC(=O)OCC(COP(=O)(O)OCC(O)COP(=O)(O)OCC(O)COC(=O)CCCCCCCCCCCCCCCCC/C=C\C/C=C\C/C=C\C/C=C\C/C=C\CC)OC(=O)CCCCCCC/C=C\CCCCCC. The third-order valence-electron chi connectivity index (χ3n) is 15.5. The predicted molar refractivity (Wildman–Crippen MR) is 408 cm³/mol. The van der Waals surface area contributed by atoms with Crippen molar-refractivity contribution in [2.45, 2.75) is 309 Å². The molecule has 99 heavy (non-hydrogen) atoms. The van der Waals surface area contributed by atoms with Crippen LogP contribution in [0, 0.1) is 0 Å². The van der Waals surface area contributed by atoms with E-state index in [-0.39, 0.29) is 19.3 Å². The highest BCUT2D eigenvalue weighted by molar-refractivity contribution is 7.47. The first kappa shape index (κ1) is 94.4. The number of rotatable bonds is 71. The maximum atomic E-state index is 12.9. The van der Waals surface area contributed by atoms with E-state index in [9.17, 15) is 43.5 Å². The van der Waals surface area contributed by atoms with Crippen molar-refractivity contribution in [3.8, 4) is 0 Å². The number of allylic oxidation sites excluding steroid dienone is 24. The van der Waals surface area contributed by atoms with Crippen molar-refractivity contribution >= 4 is 33.6 Å². The van der Waals surface area contributed by atoms with Crippen LogP contribution in [0.25, 0.3) is 0 Å². The lowest BCUT2D eigenvalue weighted by atomic mass is 10.0. The molecule has 0 heterocycles. The third kappa shape index (κ3) is 74.4. The van der Waals surface area contributed by atoms with Crippen molar-refractivity contribution in [3.05, 3.63) is 146 Å². The quantitative estimate of drug-likeness (QED) is 0.0146. The zero-order chi connectivity index (χ0) is 72.3. The minimum absolute atomic E-state index is 0.0407. The van der Waals surface area contributed by atoms with Crippen molar-refractivity contribution in [1.29, 1.82) is 0 Å². The largest absolute Gasteiger partial charge is 0.472 e. The Morgan fingerprint density at radius 2 is 0.556 bits per heavy atom. The van der Waals surface area contributed by atoms with Crippen molar-refractivity contribution in [2.24, 2.45) is 0 Å². The number of aliphatic hydroxyl groups excluding tert-OH is 2. The average Bonchev–Trinajstić information content (AvgIpc) is 1.06. The molecule has 0 aromatic carbocycles. The van der Waals surface area contributed by atoms with Gasteiger partial charge < -0.3 is 34.2 Å². The van der Waals surface area contributed by atoms with E-state index in [1.165, 1.54) is 103 Å². The van der Waals surface area contributed by atoms with Gasteiger partial charge in [-0.3, -0.25) is 32.5 Å². The number of phosphoric acid groups is 2. The van der Waals surface area contributed by atoms with Gasteiger partial charge in [0.05, 0.1) is 26.4 Å². The molecule has 16 nitrogen and oxygen atoms in total. The zero-order valence-electron chi connectivity index (χ0n) is 61.6. The van der Waals surface area contributed by atoms with E-state index in [2.05, 4.69) is 148 Å². The first-order valence-electron chi connectivity index (χ1n) is 38.1. The van der Waals surface area contributed by atoms with E-state index < -0.39 is 91.5 Å². The molecule has 0 aliphatic carbocycles. The molecule has 0 aliphatic rings. The van der Waals surface area contributed by atoms with Gasteiger partial charge in [-0.2, -0.15) is 0 Å². The first-order chi connectivity index (χ1) is 48.2. The van der Waals surface area contributed by atoms with E-state index in [0.29, 0.717) is 25.7 Å². The van der Waals surface area contributed by atoms with Crippen molar-refractivity contribution in [2.75, 3.05) is 39.6 Å². The minimum atomic E-state index is -4.95. The van der Waals surface area contributed by atoms with Crippen LogP contribution in [0.15, 0.2) is 146 Å². The molecule has 0 radical (unpaired) electrons. The Labute approximate surface area is 600 Å². The number of carbonyl (C=O) groups is 3. The van der Waals surface area contributed by atoms with Crippen LogP contribution in [-0.2, 0) is 55.8 Å². The number of unbranched alkanes of at least 4 members (excludes halogenated alkanes) is 24. The summed E-state index contributed by atoms with van der Waals surface area (Å²) in [6.07, 6.45) is 89.3. The molecule has 5 atom stereocenters. The monoisotopic (exact) mass is 1430 g/mol. The molecule has 566 valence electrons. The van der Waals surface area contributed by atoms with Crippen molar-refractivity contribution in [1.82, 2.24) is 0 Å². The second-order valence-electron chi connectivity index (χ2n) is 25.0. The van der Waals surface area contributed by atoms with Crippen LogP contribution in [0.4, 0.5) is 0 Å². The lowest BCUT2D eigenvalue weighted by molar-refractivity contribution is -0.161. The Morgan fingerprint density at radius 3 is 0.919 bits per heavy atom. The fourth-order valence-corrected chi connectivity index (χ4v) is 11.4. The Balaban J connectivity index is 4.50. The molecule has 0 amide bonds. The van der Waals surface area contributed by atoms with Crippen molar-refractivity contribution < 1.29 is 75.8 Å². The van der Waals surface area contributed by atoms with Crippen LogP contribution < -0.4 is 0 Å². The molecule has 0 spiro atoms. The molecule has 5 unspecified atom stereocenters. The van der Waals surface area contributed by atoms with E-state index in [1.807, 2.05) is 18.2 Å². The van der Waals surface area contributed by atoms with Gasteiger partial charge >= 0.3 is 33.6 Å². The molecule has 18 heteroatoms. The molecular formula is C81H136O16P2. The predicted octanol–water partition coefficient (Wildman–Crippen LogP) is 22.1. The van der Waals surface area contributed by atoms with Crippen LogP contribution in [0.1, 0.15) is 290 Å². The summed E-state index contributed by atoms with van der Waals surface area (Å²) in [5.41, 5.74) is 0. The summed E-state index contributed by atoms with van der Waals surface area (Å²) in [6, 6.07) is 0. The van der Waals surface area contributed by atoms with Gasteiger partial charge in [0.2, 0.25) is 0 Å². The van der Waals surface area contributed by atoms with Gasteiger partial charge in [-0.25, -0.2) is 9.13 Å². The fourth-order valence-electron chi connectivity index (χ4n) is 9.79. The van der Waals surface area contributed by atoms with Gasteiger partial charge in [0.1, 0.15) is 25.4 Å². The van der Waals surface area contributed by atoms with Gasteiger partial charge in [0.15, 0.2) is 6.10 Å². The van der Waals surface area contributed by atoms with Crippen LogP contribution in [0.5, 0.6) is 0 Å². The summed E-state index contributed by atoms with van der Waals surface area (Å²) < 4.78 is 60.9. The van der Waals surface area contributed by atoms with Gasteiger partial charge in [-0.05, 0) is 128 Å². The van der Waals surface area contributed by atoms with Crippen LogP contribution in [0.2, 0.25) is 0 Å². The Bertz CT molecular complexity index is 2380. The molecule has 0 aromatic rings. The molecular weight excluding hydrogens is 1290 g/mol. The topological polar surface area (TPSA) is 231 Å². The maximum absolute atomic E-state index is 12.9. The molecule has 0 aliphatic heterocycles. The van der Waals surface area contributed by atoms with Gasteiger partial charge in [0.25, 0.3) is 0 Å². The summed E-state index contributed by atoms with van der Waals surface area (Å²) in [5.74, 6) is -1.69. The van der Waals surface area contributed by atoms with Gasteiger partial charge in [-0.1, -0.05) is 289 Å². The second-order valence-corrected chi connectivity index (χ2v) is 27.9. The zero-order valence-corrected chi connectivity index (χ0v) is 63.4. The molecule has 0 rings (SSSR count). The molecule has 0 bridgehead atoms. The van der Waals surface area contributed by atoms with Crippen LogP contribution in [-0.4, -0.2) is 95.9 Å². The van der Waals surface area contributed by atoms with Crippen LogP contribution >= 0.6 is 15.6 Å². The highest BCUT2D eigenvalue weighted by Crippen LogP contribution is 2.45. The van der Waals surface area contributed by atoms with Crippen LogP contribution in [0.3, 0.4) is 0 Å². The minimum Gasteiger partial charge on any atom is -0.463 e. The second kappa shape index (κ2) is 73.2. The normalized spacial score (nSPS) is 14.9. The summed E-state index contributed by atoms with van der Waals surface area (Å²) in [4.78, 5) is 58.5. The summed E-state index contributed by atoms with van der Waals surface area (Å²) >= 11 is 0. The maximum Gasteiger partial charge on any atom is 0.472 e. The molecule has 0 aromatic heterocycles. The lowest BCUT2D eigenvalue weighted by Crippen LogP contribution is -2.30. The van der Waals surface area contributed by atoms with Gasteiger partial charge in [0, 0.05) is 19.3 Å². The molecule has 0 fully saturated rings. The lowest BCUT2D eigenvalue weighted by Gasteiger charge is -2.21. The summed E-state index contributed by atoms with van der Waals surface area (Å²) in [6.45, 7) is 2.33. The Hall–Kier alpha value is -4.57. The number of aliphatic hydroxyl groups is 2. The number of hydrogen-bond acceptors (Lipinski definition) is 14. The highest BCUT2D eigenvalue weighted by Gasteiger charge is 2.29. The third-order valence-corrected chi connectivity index (χ3v) is 17.4. The van der Waals surface area contributed by atoms with Gasteiger partial charge in [-0.15, -0.1) is 0 Å². The number of hydrogen-bond donors (Lipinski definition) is 4. The van der Waals surface area contributed by atoms with E-state index in [4.69, 9.17) is 32.3 Å². The number of ether oxygens (including phenoxy) is 3.